The highest BCUT2D eigenvalue weighted by Gasteiger charge is 2.01. The van der Waals surface area contributed by atoms with Crippen molar-refractivity contribution in [2.75, 3.05) is 32.5 Å². The molecule has 0 spiro atoms. The van der Waals surface area contributed by atoms with Crippen LogP contribution in [0, 0.1) is 17.1 Å². The first kappa shape index (κ1) is 13.5. The van der Waals surface area contributed by atoms with Gasteiger partial charge in [0.15, 0.2) is 0 Å². The van der Waals surface area contributed by atoms with Crippen molar-refractivity contribution in [1.82, 2.24) is 4.90 Å². The van der Waals surface area contributed by atoms with Gasteiger partial charge in [-0.3, -0.25) is 0 Å². The molecule has 3 nitrogen and oxygen atoms in total. The molecule has 0 radical (unpaired) electrons. The quantitative estimate of drug-likeness (QED) is 0.770. The number of halogens is 1. The average molecular weight is 235 g/mol. The SMILES string of the molecule is CN(C)CCCCNc1ccc(C#N)c(F)c1. The van der Waals surface area contributed by atoms with Crippen LogP contribution in [0.5, 0.6) is 0 Å². The van der Waals surface area contributed by atoms with E-state index in [9.17, 15) is 4.39 Å². The first-order valence-corrected chi connectivity index (χ1v) is 5.71. The largest absolute Gasteiger partial charge is 0.385 e. The Labute approximate surface area is 102 Å². The minimum atomic E-state index is -0.467. The zero-order valence-electron chi connectivity index (χ0n) is 10.3. The van der Waals surface area contributed by atoms with Crippen molar-refractivity contribution >= 4 is 5.69 Å². The fourth-order valence-electron chi connectivity index (χ4n) is 1.50. The van der Waals surface area contributed by atoms with Crippen LogP contribution in [0.4, 0.5) is 10.1 Å². The molecule has 0 aliphatic carbocycles. The highest BCUT2D eigenvalue weighted by atomic mass is 19.1. The smallest absolute Gasteiger partial charge is 0.143 e. The molecule has 0 bridgehead atoms. The lowest BCUT2D eigenvalue weighted by Gasteiger charge is -2.10. The average Bonchev–Trinajstić information content (AvgIpc) is 2.28. The normalized spacial score (nSPS) is 10.3. The van der Waals surface area contributed by atoms with Crippen molar-refractivity contribution in [2.24, 2.45) is 0 Å². The summed E-state index contributed by atoms with van der Waals surface area (Å²) in [7, 11) is 4.09. The Morgan fingerprint density at radius 1 is 1.35 bits per heavy atom. The van der Waals surface area contributed by atoms with E-state index in [4.69, 9.17) is 5.26 Å². The van der Waals surface area contributed by atoms with Gasteiger partial charge >= 0.3 is 0 Å². The van der Waals surface area contributed by atoms with E-state index in [-0.39, 0.29) is 5.56 Å². The van der Waals surface area contributed by atoms with Crippen LogP contribution in [0.15, 0.2) is 18.2 Å². The van der Waals surface area contributed by atoms with E-state index in [0.717, 1.165) is 31.6 Å². The zero-order chi connectivity index (χ0) is 12.7. The fraction of sp³-hybridized carbons (Fsp3) is 0.462. The van der Waals surface area contributed by atoms with Gasteiger partial charge < -0.3 is 10.2 Å². The molecular weight excluding hydrogens is 217 g/mol. The topological polar surface area (TPSA) is 39.1 Å². The number of hydrogen-bond acceptors (Lipinski definition) is 3. The fourth-order valence-corrected chi connectivity index (χ4v) is 1.50. The molecule has 0 saturated carbocycles. The molecule has 0 amide bonds. The van der Waals surface area contributed by atoms with Crippen LogP contribution < -0.4 is 5.32 Å². The van der Waals surface area contributed by atoms with E-state index in [2.05, 4.69) is 10.2 Å². The number of nitriles is 1. The molecule has 0 saturated heterocycles. The molecule has 4 heteroatoms. The van der Waals surface area contributed by atoms with Crippen molar-refractivity contribution in [1.29, 1.82) is 5.26 Å². The number of hydrogen-bond donors (Lipinski definition) is 1. The van der Waals surface area contributed by atoms with Gasteiger partial charge in [0, 0.05) is 12.2 Å². The van der Waals surface area contributed by atoms with Gasteiger partial charge in [-0.15, -0.1) is 0 Å². The number of anilines is 1. The summed E-state index contributed by atoms with van der Waals surface area (Å²) in [5.74, 6) is -0.467. The van der Waals surface area contributed by atoms with Crippen molar-refractivity contribution in [3.05, 3.63) is 29.6 Å². The van der Waals surface area contributed by atoms with Crippen LogP contribution in [0.25, 0.3) is 0 Å². The molecule has 0 fully saturated rings. The lowest BCUT2D eigenvalue weighted by Crippen LogP contribution is -2.14. The molecule has 17 heavy (non-hydrogen) atoms. The summed E-state index contributed by atoms with van der Waals surface area (Å²) in [6, 6.07) is 6.40. The third kappa shape index (κ3) is 4.83. The lowest BCUT2D eigenvalue weighted by molar-refractivity contribution is 0.396. The monoisotopic (exact) mass is 235 g/mol. The molecule has 0 aliphatic heterocycles. The number of unbranched alkanes of at least 4 members (excludes halogenated alkanes) is 1. The molecule has 92 valence electrons. The summed E-state index contributed by atoms with van der Waals surface area (Å²) in [5.41, 5.74) is 0.814. The predicted octanol–water partition coefficient (Wildman–Crippen LogP) is 2.45. The van der Waals surface area contributed by atoms with E-state index in [1.165, 1.54) is 12.1 Å². The van der Waals surface area contributed by atoms with E-state index in [0.29, 0.717) is 0 Å². The van der Waals surface area contributed by atoms with Gasteiger partial charge in [0.2, 0.25) is 0 Å². The van der Waals surface area contributed by atoms with Crippen LogP contribution in [0.3, 0.4) is 0 Å². The molecular formula is C13H18FN3. The zero-order valence-corrected chi connectivity index (χ0v) is 10.3. The highest BCUT2D eigenvalue weighted by Crippen LogP contribution is 2.13. The van der Waals surface area contributed by atoms with Gasteiger partial charge in [0.1, 0.15) is 11.9 Å². The third-order valence-electron chi connectivity index (χ3n) is 2.45. The molecule has 1 N–H and O–H groups in total. The Bertz CT molecular complexity index is 396. The second-order valence-electron chi connectivity index (χ2n) is 4.24. The van der Waals surface area contributed by atoms with Gasteiger partial charge in [0.05, 0.1) is 5.56 Å². The maximum Gasteiger partial charge on any atom is 0.143 e. The summed E-state index contributed by atoms with van der Waals surface area (Å²) < 4.78 is 13.3. The minimum Gasteiger partial charge on any atom is -0.385 e. The molecule has 0 heterocycles. The Morgan fingerprint density at radius 2 is 2.12 bits per heavy atom. The molecule has 0 aliphatic rings. The van der Waals surface area contributed by atoms with Crippen LogP contribution in [-0.4, -0.2) is 32.1 Å². The van der Waals surface area contributed by atoms with Crippen LogP contribution in [-0.2, 0) is 0 Å². The number of benzene rings is 1. The predicted molar refractivity (Wildman–Crippen MR) is 67.4 cm³/mol. The summed E-state index contributed by atoms with van der Waals surface area (Å²) in [4.78, 5) is 2.14. The van der Waals surface area contributed by atoms with E-state index in [1.54, 1.807) is 12.1 Å². The molecule has 0 unspecified atom stereocenters. The van der Waals surface area contributed by atoms with E-state index in [1.807, 2.05) is 14.1 Å². The summed E-state index contributed by atoms with van der Waals surface area (Å²) in [6.07, 6.45) is 2.15. The summed E-state index contributed by atoms with van der Waals surface area (Å²) in [6.45, 7) is 1.88. The van der Waals surface area contributed by atoms with Gasteiger partial charge in [-0.2, -0.15) is 5.26 Å². The van der Waals surface area contributed by atoms with Gasteiger partial charge in [-0.1, -0.05) is 0 Å². The van der Waals surface area contributed by atoms with Crippen molar-refractivity contribution in [3.63, 3.8) is 0 Å². The van der Waals surface area contributed by atoms with Crippen LogP contribution in [0.2, 0.25) is 0 Å². The molecule has 0 atom stereocenters. The second kappa shape index (κ2) is 6.87. The first-order chi connectivity index (χ1) is 8.13. The van der Waals surface area contributed by atoms with Gasteiger partial charge in [0.25, 0.3) is 0 Å². The summed E-state index contributed by atoms with van der Waals surface area (Å²) in [5, 5.41) is 11.7. The molecule has 1 rings (SSSR count). The molecule has 1 aromatic carbocycles. The first-order valence-electron chi connectivity index (χ1n) is 5.71. The van der Waals surface area contributed by atoms with Crippen molar-refractivity contribution in [2.45, 2.75) is 12.8 Å². The number of nitrogens with one attached hydrogen (secondary N) is 1. The Morgan fingerprint density at radius 3 is 2.71 bits per heavy atom. The van der Waals surface area contributed by atoms with E-state index < -0.39 is 5.82 Å². The Balaban J connectivity index is 2.33. The van der Waals surface area contributed by atoms with Crippen LogP contribution in [0.1, 0.15) is 18.4 Å². The molecule has 1 aromatic rings. The summed E-state index contributed by atoms with van der Waals surface area (Å²) >= 11 is 0. The maximum absolute atomic E-state index is 13.3. The second-order valence-corrected chi connectivity index (χ2v) is 4.24. The van der Waals surface area contributed by atoms with Gasteiger partial charge in [-0.05, 0) is 51.7 Å². The van der Waals surface area contributed by atoms with Crippen molar-refractivity contribution < 1.29 is 4.39 Å². The highest BCUT2D eigenvalue weighted by molar-refractivity contribution is 5.47. The van der Waals surface area contributed by atoms with Gasteiger partial charge in [-0.25, -0.2) is 4.39 Å². The maximum atomic E-state index is 13.3. The third-order valence-corrected chi connectivity index (χ3v) is 2.45. The Hall–Kier alpha value is -1.60. The Kier molecular flexibility index (Phi) is 5.44. The lowest BCUT2D eigenvalue weighted by atomic mass is 10.2. The number of nitrogens with zero attached hydrogens (tertiary/aromatic N) is 2. The molecule has 0 aromatic heterocycles. The standard InChI is InChI=1S/C13H18FN3/c1-17(2)8-4-3-7-16-12-6-5-11(10-15)13(14)9-12/h5-6,9,16H,3-4,7-8H2,1-2H3. The van der Waals surface area contributed by atoms with Crippen molar-refractivity contribution in [3.8, 4) is 6.07 Å². The number of rotatable bonds is 6. The van der Waals surface area contributed by atoms with E-state index >= 15 is 0 Å². The van der Waals surface area contributed by atoms with Crippen LogP contribution >= 0.6 is 0 Å². The minimum absolute atomic E-state index is 0.0863.